The second-order valence-corrected chi connectivity index (χ2v) is 6.94. The van der Waals surface area contributed by atoms with E-state index in [-0.39, 0.29) is 17.6 Å². The first-order chi connectivity index (χ1) is 11.9. The number of nitrogens with zero attached hydrogens (tertiary/aromatic N) is 1. The van der Waals surface area contributed by atoms with E-state index in [0.29, 0.717) is 17.7 Å². The second kappa shape index (κ2) is 7.11. The lowest BCUT2D eigenvalue weighted by Crippen LogP contribution is -2.20. The molecule has 25 heavy (non-hydrogen) atoms. The van der Waals surface area contributed by atoms with Crippen molar-refractivity contribution in [2.24, 2.45) is 0 Å². The van der Waals surface area contributed by atoms with E-state index >= 15 is 0 Å². The molecule has 1 aliphatic heterocycles. The maximum atomic E-state index is 12.4. The van der Waals surface area contributed by atoms with Crippen molar-refractivity contribution < 1.29 is 14.4 Å². The zero-order valence-corrected chi connectivity index (χ0v) is 14.9. The number of thioether (sulfide) groups is 1. The Balaban J connectivity index is 1.62. The SMILES string of the molecule is CC(=O)Nc1ccc(SCC(=O)c2ccc3c(c2)CC(=O)N3C)cc1. The molecule has 0 fully saturated rings. The zero-order chi connectivity index (χ0) is 18.0. The third kappa shape index (κ3) is 3.91. The number of benzene rings is 2. The van der Waals surface area contributed by atoms with Gasteiger partial charge in [-0.15, -0.1) is 11.8 Å². The monoisotopic (exact) mass is 354 g/mol. The van der Waals surface area contributed by atoms with Crippen LogP contribution >= 0.6 is 11.8 Å². The minimum Gasteiger partial charge on any atom is -0.326 e. The van der Waals surface area contributed by atoms with Crippen LogP contribution in [-0.2, 0) is 16.0 Å². The fourth-order valence-corrected chi connectivity index (χ4v) is 3.51. The number of carbonyl (C=O) groups excluding carboxylic acids is 3. The highest BCUT2D eigenvalue weighted by atomic mass is 32.2. The summed E-state index contributed by atoms with van der Waals surface area (Å²) in [5.41, 5.74) is 3.14. The Morgan fingerprint density at radius 1 is 1.16 bits per heavy atom. The van der Waals surface area contributed by atoms with E-state index < -0.39 is 0 Å². The predicted octanol–water partition coefficient (Wildman–Crippen LogP) is 3.14. The number of carbonyl (C=O) groups is 3. The Hall–Kier alpha value is -2.60. The number of hydrogen-bond donors (Lipinski definition) is 1. The third-order valence-electron chi connectivity index (χ3n) is 4.02. The Morgan fingerprint density at radius 2 is 1.88 bits per heavy atom. The number of likely N-dealkylation sites (N-methyl/N-ethyl adjacent to an activating group) is 1. The van der Waals surface area contributed by atoms with Crippen LogP contribution in [0.5, 0.6) is 0 Å². The standard InChI is InChI=1S/C19H18N2O3S/c1-12(22)20-15-4-6-16(7-5-15)25-11-18(23)13-3-8-17-14(9-13)10-19(24)21(17)2/h3-9H,10-11H2,1-2H3,(H,20,22). The van der Waals surface area contributed by atoms with Crippen molar-refractivity contribution >= 4 is 40.7 Å². The largest absolute Gasteiger partial charge is 0.326 e. The number of nitrogens with one attached hydrogen (secondary N) is 1. The van der Waals surface area contributed by atoms with Gasteiger partial charge in [0.15, 0.2) is 5.78 Å². The first-order valence-electron chi connectivity index (χ1n) is 7.87. The number of Topliss-reactive ketones (excluding diaryl/α,β-unsaturated/α-hetero) is 1. The van der Waals surface area contributed by atoms with Gasteiger partial charge in [0.1, 0.15) is 0 Å². The maximum absolute atomic E-state index is 12.4. The lowest BCUT2D eigenvalue weighted by Gasteiger charge is -2.10. The van der Waals surface area contributed by atoms with Gasteiger partial charge in [0.05, 0.1) is 12.2 Å². The Kier molecular flexibility index (Phi) is 4.90. The first kappa shape index (κ1) is 17.2. The highest BCUT2D eigenvalue weighted by Crippen LogP contribution is 2.29. The van der Waals surface area contributed by atoms with Gasteiger partial charge < -0.3 is 10.2 Å². The molecule has 5 nitrogen and oxygen atoms in total. The lowest BCUT2D eigenvalue weighted by atomic mass is 10.1. The summed E-state index contributed by atoms with van der Waals surface area (Å²) in [6, 6.07) is 12.8. The number of anilines is 2. The lowest BCUT2D eigenvalue weighted by molar-refractivity contribution is -0.117. The molecule has 0 radical (unpaired) electrons. The summed E-state index contributed by atoms with van der Waals surface area (Å²) in [5.74, 6) is 0.285. The molecule has 0 saturated carbocycles. The molecule has 1 N–H and O–H groups in total. The highest BCUT2D eigenvalue weighted by molar-refractivity contribution is 8.00. The van der Waals surface area contributed by atoms with E-state index in [9.17, 15) is 14.4 Å². The Bertz CT molecular complexity index is 846. The molecule has 0 aromatic heterocycles. The smallest absolute Gasteiger partial charge is 0.231 e. The molecule has 1 heterocycles. The van der Waals surface area contributed by atoms with Crippen molar-refractivity contribution in [3.8, 4) is 0 Å². The predicted molar refractivity (Wildman–Crippen MR) is 99.4 cm³/mol. The van der Waals surface area contributed by atoms with Gasteiger partial charge in [0.25, 0.3) is 0 Å². The molecule has 2 amide bonds. The number of rotatable bonds is 5. The minimum atomic E-state index is -0.115. The number of amides is 2. The number of fused-ring (bicyclic) bond motifs is 1. The van der Waals surface area contributed by atoms with Crippen molar-refractivity contribution in [1.82, 2.24) is 0 Å². The van der Waals surface area contributed by atoms with E-state index in [2.05, 4.69) is 5.32 Å². The molecule has 0 spiro atoms. The van der Waals surface area contributed by atoms with E-state index in [1.807, 2.05) is 36.4 Å². The van der Waals surface area contributed by atoms with Gasteiger partial charge in [0, 0.05) is 35.8 Å². The van der Waals surface area contributed by atoms with Crippen molar-refractivity contribution in [2.75, 3.05) is 23.0 Å². The van der Waals surface area contributed by atoms with Crippen LogP contribution in [0.3, 0.4) is 0 Å². The molecule has 2 aromatic rings. The number of ketones is 1. The fourth-order valence-electron chi connectivity index (χ4n) is 2.71. The summed E-state index contributed by atoms with van der Waals surface area (Å²) in [4.78, 5) is 37.7. The number of hydrogen-bond acceptors (Lipinski definition) is 4. The fraction of sp³-hybridized carbons (Fsp3) is 0.211. The summed E-state index contributed by atoms with van der Waals surface area (Å²) < 4.78 is 0. The van der Waals surface area contributed by atoms with Crippen LogP contribution in [0.15, 0.2) is 47.4 Å². The van der Waals surface area contributed by atoms with Gasteiger partial charge in [-0.2, -0.15) is 0 Å². The van der Waals surface area contributed by atoms with Crippen LogP contribution in [0.25, 0.3) is 0 Å². The van der Waals surface area contributed by atoms with Gasteiger partial charge >= 0.3 is 0 Å². The van der Waals surface area contributed by atoms with E-state index in [1.165, 1.54) is 18.7 Å². The van der Waals surface area contributed by atoms with Crippen molar-refractivity contribution in [3.05, 3.63) is 53.6 Å². The molecule has 2 aromatic carbocycles. The zero-order valence-electron chi connectivity index (χ0n) is 14.0. The summed E-state index contributed by atoms with van der Waals surface area (Å²) in [7, 11) is 1.75. The average molecular weight is 354 g/mol. The summed E-state index contributed by atoms with van der Waals surface area (Å²) in [6.45, 7) is 1.46. The van der Waals surface area contributed by atoms with Gasteiger partial charge in [-0.1, -0.05) is 0 Å². The first-order valence-corrected chi connectivity index (χ1v) is 8.86. The summed E-state index contributed by atoms with van der Waals surface area (Å²) in [6.07, 6.45) is 0.352. The molecule has 0 bridgehead atoms. The molecule has 0 saturated heterocycles. The maximum Gasteiger partial charge on any atom is 0.231 e. The van der Waals surface area contributed by atoms with E-state index in [1.54, 1.807) is 18.0 Å². The van der Waals surface area contributed by atoms with Crippen molar-refractivity contribution in [3.63, 3.8) is 0 Å². The normalized spacial score (nSPS) is 12.9. The van der Waals surface area contributed by atoms with Crippen LogP contribution in [0, 0.1) is 0 Å². The van der Waals surface area contributed by atoms with E-state index in [0.717, 1.165) is 21.8 Å². The van der Waals surface area contributed by atoms with Crippen LogP contribution in [0.2, 0.25) is 0 Å². The molecule has 6 heteroatoms. The molecule has 0 aliphatic carbocycles. The van der Waals surface area contributed by atoms with Crippen molar-refractivity contribution in [2.45, 2.75) is 18.2 Å². The molecule has 0 unspecified atom stereocenters. The van der Waals surface area contributed by atoms with E-state index in [4.69, 9.17) is 0 Å². The van der Waals surface area contributed by atoms with Crippen LogP contribution in [0.1, 0.15) is 22.8 Å². The molecule has 3 rings (SSSR count). The van der Waals surface area contributed by atoms with Crippen molar-refractivity contribution in [1.29, 1.82) is 0 Å². The average Bonchev–Trinajstić information content (AvgIpc) is 2.87. The minimum absolute atomic E-state index is 0.0285. The summed E-state index contributed by atoms with van der Waals surface area (Å²) in [5, 5.41) is 2.71. The topological polar surface area (TPSA) is 66.5 Å². The molecule has 128 valence electrons. The molecule has 1 aliphatic rings. The Morgan fingerprint density at radius 3 is 2.56 bits per heavy atom. The quantitative estimate of drug-likeness (QED) is 0.662. The van der Waals surface area contributed by atoms with Gasteiger partial charge in [0.2, 0.25) is 11.8 Å². The third-order valence-corrected chi connectivity index (χ3v) is 5.04. The molecular weight excluding hydrogens is 336 g/mol. The van der Waals surface area contributed by atoms with Gasteiger partial charge in [-0.3, -0.25) is 14.4 Å². The van der Waals surface area contributed by atoms with Crippen LogP contribution in [-0.4, -0.2) is 30.4 Å². The molecule has 0 atom stereocenters. The van der Waals surface area contributed by atoms with Crippen LogP contribution < -0.4 is 10.2 Å². The van der Waals surface area contributed by atoms with Crippen LogP contribution in [0.4, 0.5) is 11.4 Å². The summed E-state index contributed by atoms with van der Waals surface area (Å²) >= 11 is 1.45. The Labute approximate surface area is 150 Å². The molecular formula is C19H18N2O3S. The highest BCUT2D eigenvalue weighted by Gasteiger charge is 2.24. The van der Waals surface area contributed by atoms with Gasteiger partial charge in [-0.25, -0.2) is 0 Å². The van der Waals surface area contributed by atoms with Gasteiger partial charge in [-0.05, 0) is 48.0 Å². The second-order valence-electron chi connectivity index (χ2n) is 5.89.